The first-order valence-corrected chi connectivity index (χ1v) is 2.90. The highest BCUT2D eigenvalue weighted by Gasteiger charge is 2.37. The minimum absolute atomic E-state index is 0.147. The first-order chi connectivity index (χ1) is 3.86. The summed E-state index contributed by atoms with van der Waals surface area (Å²) in [6.45, 7) is 0.829. The van der Waals surface area contributed by atoms with Crippen LogP contribution < -0.4 is 10.6 Å². The molecule has 3 fully saturated rings. The quantitative estimate of drug-likeness (QED) is 0.415. The fourth-order valence-corrected chi connectivity index (χ4v) is 1.22. The number of nitrogens with one attached hydrogen (secondary N) is 2. The monoisotopic (exact) mass is 112 g/mol. The SMILES string of the molecule is O=C1NC[C@H]2C[C@@H]1N2. The molecule has 2 bridgehead atoms. The zero-order valence-electron chi connectivity index (χ0n) is 4.48. The van der Waals surface area contributed by atoms with Crippen molar-refractivity contribution in [2.75, 3.05) is 6.54 Å². The van der Waals surface area contributed by atoms with Gasteiger partial charge >= 0.3 is 0 Å². The van der Waals surface area contributed by atoms with Crippen LogP contribution >= 0.6 is 0 Å². The molecule has 0 aliphatic carbocycles. The summed E-state index contributed by atoms with van der Waals surface area (Å²) in [6.07, 6.45) is 1.05. The Morgan fingerprint density at radius 3 is 2.62 bits per heavy atom. The van der Waals surface area contributed by atoms with Crippen LogP contribution in [0.15, 0.2) is 0 Å². The summed E-state index contributed by atoms with van der Waals surface area (Å²) >= 11 is 0. The standard InChI is InChI=1S/C5H8N2O/c8-5-4-1-3(7-4)2-6-5/h3-4,7H,1-2H2,(H,6,8)/t3-,4+/m1/s1. The molecular weight excluding hydrogens is 104 g/mol. The van der Waals surface area contributed by atoms with E-state index in [2.05, 4.69) is 10.6 Å². The zero-order valence-corrected chi connectivity index (χ0v) is 4.48. The number of fused-ring (bicyclic) bond motifs is 2. The van der Waals surface area contributed by atoms with Gasteiger partial charge in [-0.25, -0.2) is 0 Å². The summed E-state index contributed by atoms with van der Waals surface area (Å²) in [5.41, 5.74) is 0. The smallest absolute Gasteiger partial charge is 0.237 e. The fourth-order valence-electron chi connectivity index (χ4n) is 1.22. The van der Waals surface area contributed by atoms with Crippen LogP contribution in [0.5, 0.6) is 0 Å². The Kier molecular flexibility index (Phi) is 0.663. The van der Waals surface area contributed by atoms with Gasteiger partial charge in [0.1, 0.15) is 0 Å². The maximum atomic E-state index is 10.7. The van der Waals surface area contributed by atoms with Gasteiger partial charge in [0.2, 0.25) is 5.91 Å². The summed E-state index contributed by atoms with van der Waals surface area (Å²) in [5, 5.41) is 5.90. The molecule has 0 radical (unpaired) electrons. The van der Waals surface area contributed by atoms with Gasteiger partial charge in [0, 0.05) is 12.6 Å². The van der Waals surface area contributed by atoms with E-state index >= 15 is 0 Å². The van der Waals surface area contributed by atoms with E-state index in [-0.39, 0.29) is 11.9 Å². The lowest BCUT2D eigenvalue weighted by Gasteiger charge is -2.41. The molecule has 8 heavy (non-hydrogen) atoms. The number of hydrogen-bond acceptors (Lipinski definition) is 2. The third-order valence-corrected chi connectivity index (χ3v) is 1.80. The van der Waals surface area contributed by atoms with Crippen LogP contribution in [0.25, 0.3) is 0 Å². The number of piperazine rings is 1. The second-order valence-electron chi connectivity index (χ2n) is 2.40. The van der Waals surface area contributed by atoms with Crippen LogP contribution in [0.2, 0.25) is 0 Å². The zero-order chi connectivity index (χ0) is 5.56. The van der Waals surface area contributed by atoms with Crippen LogP contribution in [0.4, 0.5) is 0 Å². The molecule has 3 heteroatoms. The molecule has 3 aliphatic rings. The molecule has 0 aromatic heterocycles. The van der Waals surface area contributed by atoms with Gasteiger partial charge in [0.15, 0.2) is 0 Å². The van der Waals surface area contributed by atoms with Gasteiger partial charge in [0.25, 0.3) is 0 Å². The number of amides is 1. The number of rotatable bonds is 0. The van der Waals surface area contributed by atoms with E-state index in [4.69, 9.17) is 0 Å². The van der Waals surface area contributed by atoms with Crippen molar-refractivity contribution in [3.8, 4) is 0 Å². The van der Waals surface area contributed by atoms with Crippen molar-refractivity contribution >= 4 is 5.91 Å². The normalized spacial score (nSPS) is 42.8. The number of piperidine rings is 1. The van der Waals surface area contributed by atoms with E-state index in [1.165, 1.54) is 0 Å². The van der Waals surface area contributed by atoms with E-state index in [0.29, 0.717) is 6.04 Å². The minimum Gasteiger partial charge on any atom is -0.353 e. The van der Waals surface area contributed by atoms with Gasteiger partial charge in [-0.3, -0.25) is 4.79 Å². The molecule has 0 unspecified atom stereocenters. The van der Waals surface area contributed by atoms with E-state index in [0.717, 1.165) is 13.0 Å². The van der Waals surface area contributed by atoms with Crippen LogP contribution in [0.3, 0.4) is 0 Å². The molecular formula is C5H8N2O. The highest BCUT2D eigenvalue weighted by Crippen LogP contribution is 2.14. The van der Waals surface area contributed by atoms with Crippen molar-refractivity contribution in [1.82, 2.24) is 10.6 Å². The molecule has 3 aliphatic heterocycles. The second-order valence-corrected chi connectivity index (χ2v) is 2.40. The number of carbonyl (C=O) groups excluding carboxylic acids is 1. The average Bonchev–Trinajstić information content (AvgIpc) is 1.62. The highest BCUT2D eigenvalue weighted by atomic mass is 16.2. The molecule has 2 N–H and O–H groups in total. The Balaban J connectivity index is 2.10. The van der Waals surface area contributed by atoms with Crippen LogP contribution in [-0.4, -0.2) is 24.5 Å². The number of carbonyl (C=O) groups is 1. The summed E-state index contributed by atoms with van der Waals surface area (Å²) in [4.78, 5) is 10.7. The van der Waals surface area contributed by atoms with Gasteiger partial charge in [-0.2, -0.15) is 0 Å². The molecule has 0 aromatic rings. The van der Waals surface area contributed by atoms with Gasteiger partial charge in [0.05, 0.1) is 6.04 Å². The molecule has 0 saturated carbocycles. The molecule has 3 nitrogen and oxygen atoms in total. The lowest BCUT2D eigenvalue weighted by atomic mass is 9.92. The Morgan fingerprint density at radius 1 is 1.62 bits per heavy atom. The Hall–Kier alpha value is -0.570. The minimum atomic E-state index is 0.147. The molecule has 3 saturated heterocycles. The fraction of sp³-hybridized carbons (Fsp3) is 0.800. The number of hydrogen-bond donors (Lipinski definition) is 2. The first kappa shape index (κ1) is 4.32. The summed E-state index contributed by atoms with van der Waals surface area (Å²) in [7, 11) is 0. The van der Waals surface area contributed by atoms with Crippen molar-refractivity contribution in [3.05, 3.63) is 0 Å². The maximum Gasteiger partial charge on any atom is 0.237 e. The highest BCUT2D eigenvalue weighted by molar-refractivity contribution is 5.84. The summed E-state index contributed by atoms with van der Waals surface area (Å²) in [6, 6.07) is 0.728. The molecule has 0 aromatic carbocycles. The van der Waals surface area contributed by atoms with E-state index in [1.54, 1.807) is 0 Å². The topological polar surface area (TPSA) is 41.1 Å². The lowest BCUT2D eigenvalue weighted by molar-refractivity contribution is -0.129. The molecule has 2 atom stereocenters. The van der Waals surface area contributed by atoms with Crippen molar-refractivity contribution < 1.29 is 4.79 Å². The van der Waals surface area contributed by atoms with E-state index < -0.39 is 0 Å². The van der Waals surface area contributed by atoms with Crippen LogP contribution in [0.1, 0.15) is 6.42 Å². The molecule has 44 valence electrons. The Morgan fingerprint density at radius 2 is 2.38 bits per heavy atom. The Bertz CT molecular complexity index is 126. The molecule has 3 heterocycles. The van der Waals surface area contributed by atoms with Gasteiger partial charge in [-0.15, -0.1) is 0 Å². The molecule has 1 amide bonds. The van der Waals surface area contributed by atoms with Crippen LogP contribution in [0, 0.1) is 0 Å². The van der Waals surface area contributed by atoms with Crippen molar-refractivity contribution in [1.29, 1.82) is 0 Å². The summed E-state index contributed by atoms with van der Waals surface area (Å²) in [5.74, 6) is 0.174. The second kappa shape index (κ2) is 1.23. The predicted octanol–water partition coefficient (Wildman–Crippen LogP) is -1.15. The van der Waals surface area contributed by atoms with Crippen molar-refractivity contribution in [2.24, 2.45) is 0 Å². The van der Waals surface area contributed by atoms with Gasteiger partial charge < -0.3 is 10.6 Å². The molecule has 0 spiro atoms. The van der Waals surface area contributed by atoms with Gasteiger partial charge in [-0.1, -0.05) is 0 Å². The largest absolute Gasteiger partial charge is 0.353 e. The van der Waals surface area contributed by atoms with E-state index in [1.807, 2.05) is 0 Å². The van der Waals surface area contributed by atoms with Crippen LogP contribution in [-0.2, 0) is 4.79 Å². The van der Waals surface area contributed by atoms with Crippen molar-refractivity contribution in [3.63, 3.8) is 0 Å². The maximum absolute atomic E-state index is 10.7. The predicted molar refractivity (Wildman–Crippen MR) is 28.3 cm³/mol. The first-order valence-electron chi connectivity index (χ1n) is 2.90. The summed E-state index contributed by atoms with van der Waals surface area (Å²) < 4.78 is 0. The van der Waals surface area contributed by atoms with E-state index in [9.17, 15) is 4.79 Å². The lowest BCUT2D eigenvalue weighted by Crippen LogP contribution is -2.68. The Labute approximate surface area is 47.4 Å². The third-order valence-electron chi connectivity index (χ3n) is 1.80. The third kappa shape index (κ3) is 0.395. The van der Waals surface area contributed by atoms with Gasteiger partial charge in [-0.05, 0) is 6.42 Å². The average molecular weight is 112 g/mol. The molecule has 3 rings (SSSR count). The van der Waals surface area contributed by atoms with Crippen molar-refractivity contribution in [2.45, 2.75) is 18.5 Å².